The van der Waals surface area contributed by atoms with E-state index in [1.807, 2.05) is 18.5 Å². The average molecular weight is 279 g/mol. The van der Waals surface area contributed by atoms with Crippen LogP contribution in [-0.4, -0.2) is 15.6 Å². The fourth-order valence-electron chi connectivity index (χ4n) is 2.51. The molecule has 21 heavy (non-hydrogen) atoms. The van der Waals surface area contributed by atoms with Crippen LogP contribution in [0.5, 0.6) is 0 Å². The van der Waals surface area contributed by atoms with Gasteiger partial charge in [0, 0.05) is 43.2 Å². The van der Waals surface area contributed by atoms with Crippen molar-refractivity contribution in [1.82, 2.24) is 14.9 Å². The summed E-state index contributed by atoms with van der Waals surface area (Å²) in [7, 11) is 0. The zero-order valence-electron chi connectivity index (χ0n) is 12.6. The van der Waals surface area contributed by atoms with Gasteiger partial charge >= 0.3 is 0 Å². The Bertz CT molecular complexity index is 714. The van der Waals surface area contributed by atoms with Gasteiger partial charge in [-0.25, -0.2) is 0 Å². The Morgan fingerprint density at radius 3 is 2.81 bits per heavy atom. The van der Waals surface area contributed by atoms with Gasteiger partial charge in [0.2, 0.25) is 0 Å². The van der Waals surface area contributed by atoms with Crippen LogP contribution in [0.25, 0.3) is 10.9 Å². The van der Waals surface area contributed by atoms with Crippen LogP contribution in [0.15, 0.2) is 55.0 Å². The molecule has 3 aromatic rings. The van der Waals surface area contributed by atoms with Crippen LogP contribution in [0.4, 0.5) is 0 Å². The van der Waals surface area contributed by atoms with Crippen LogP contribution < -0.4 is 5.32 Å². The Hall–Kier alpha value is -2.13. The van der Waals surface area contributed by atoms with E-state index < -0.39 is 0 Å². The summed E-state index contributed by atoms with van der Waals surface area (Å²) in [5.74, 6) is 0. The second kappa shape index (κ2) is 6.10. The monoisotopic (exact) mass is 279 g/mol. The van der Waals surface area contributed by atoms with Gasteiger partial charge in [-0.2, -0.15) is 0 Å². The lowest BCUT2D eigenvalue weighted by atomic mass is 10.1. The SMILES string of the molecule is CC(C)NCc1ccc2c(ccn2Cc2cccnc2)c1. The minimum atomic E-state index is 0.510. The van der Waals surface area contributed by atoms with Crippen molar-refractivity contribution < 1.29 is 0 Å². The Morgan fingerprint density at radius 1 is 1.14 bits per heavy atom. The topological polar surface area (TPSA) is 29.9 Å². The van der Waals surface area contributed by atoms with Crippen molar-refractivity contribution in [3.8, 4) is 0 Å². The summed E-state index contributed by atoms with van der Waals surface area (Å²) in [6.07, 6.45) is 5.88. The first kappa shape index (κ1) is 13.8. The highest BCUT2D eigenvalue weighted by Crippen LogP contribution is 2.19. The Morgan fingerprint density at radius 2 is 2.05 bits per heavy atom. The molecule has 0 saturated heterocycles. The number of aromatic nitrogens is 2. The molecule has 0 saturated carbocycles. The number of benzene rings is 1. The van der Waals surface area contributed by atoms with Crippen LogP contribution in [0.3, 0.4) is 0 Å². The first-order valence-corrected chi connectivity index (χ1v) is 7.42. The summed E-state index contributed by atoms with van der Waals surface area (Å²) in [4.78, 5) is 4.18. The van der Waals surface area contributed by atoms with Crippen LogP contribution in [0.1, 0.15) is 25.0 Å². The van der Waals surface area contributed by atoms with E-state index >= 15 is 0 Å². The first-order chi connectivity index (χ1) is 10.2. The molecule has 0 bridgehead atoms. The van der Waals surface area contributed by atoms with E-state index in [1.165, 1.54) is 22.0 Å². The zero-order valence-corrected chi connectivity index (χ0v) is 12.6. The highest BCUT2D eigenvalue weighted by atomic mass is 15.0. The van der Waals surface area contributed by atoms with E-state index in [0.717, 1.165) is 13.1 Å². The molecule has 0 spiro atoms. The molecule has 0 atom stereocenters. The molecule has 2 heterocycles. The van der Waals surface area contributed by atoms with Gasteiger partial charge in [0.1, 0.15) is 0 Å². The van der Waals surface area contributed by atoms with Gasteiger partial charge in [-0.3, -0.25) is 4.98 Å². The molecule has 108 valence electrons. The van der Waals surface area contributed by atoms with Crippen molar-refractivity contribution in [3.05, 3.63) is 66.1 Å². The molecule has 3 nitrogen and oxygen atoms in total. The summed E-state index contributed by atoms with van der Waals surface area (Å²) in [6, 6.07) is 13.5. The van der Waals surface area contributed by atoms with Gasteiger partial charge in [0.15, 0.2) is 0 Å². The van der Waals surface area contributed by atoms with E-state index in [-0.39, 0.29) is 0 Å². The lowest BCUT2D eigenvalue weighted by Gasteiger charge is -2.09. The minimum Gasteiger partial charge on any atom is -0.343 e. The van der Waals surface area contributed by atoms with Gasteiger partial charge in [-0.1, -0.05) is 26.0 Å². The molecule has 3 heteroatoms. The Kier molecular flexibility index (Phi) is 4.02. The molecule has 0 aliphatic carbocycles. The summed E-state index contributed by atoms with van der Waals surface area (Å²) in [5.41, 5.74) is 3.82. The maximum Gasteiger partial charge on any atom is 0.0491 e. The summed E-state index contributed by atoms with van der Waals surface area (Å²) < 4.78 is 2.27. The summed E-state index contributed by atoms with van der Waals surface area (Å²) in [6.45, 7) is 6.12. The fourth-order valence-corrected chi connectivity index (χ4v) is 2.51. The zero-order chi connectivity index (χ0) is 14.7. The quantitative estimate of drug-likeness (QED) is 0.773. The van der Waals surface area contributed by atoms with Gasteiger partial charge in [0.05, 0.1) is 0 Å². The molecule has 0 amide bonds. The Labute approximate surface area is 125 Å². The van der Waals surface area contributed by atoms with E-state index in [9.17, 15) is 0 Å². The van der Waals surface area contributed by atoms with Gasteiger partial charge < -0.3 is 9.88 Å². The van der Waals surface area contributed by atoms with Crippen LogP contribution >= 0.6 is 0 Å². The van der Waals surface area contributed by atoms with Crippen molar-refractivity contribution in [2.24, 2.45) is 0 Å². The van der Waals surface area contributed by atoms with Crippen LogP contribution in [0, 0.1) is 0 Å². The van der Waals surface area contributed by atoms with Gasteiger partial charge in [-0.05, 0) is 40.8 Å². The number of hydrogen-bond acceptors (Lipinski definition) is 2. The maximum absolute atomic E-state index is 4.18. The largest absolute Gasteiger partial charge is 0.343 e. The van der Waals surface area contributed by atoms with Crippen molar-refractivity contribution in [3.63, 3.8) is 0 Å². The van der Waals surface area contributed by atoms with E-state index in [1.54, 1.807) is 0 Å². The Balaban J connectivity index is 1.82. The fraction of sp³-hybridized carbons (Fsp3) is 0.278. The third kappa shape index (κ3) is 3.31. The third-order valence-corrected chi connectivity index (χ3v) is 3.63. The maximum atomic E-state index is 4.18. The molecule has 3 rings (SSSR count). The molecule has 0 aliphatic heterocycles. The predicted molar refractivity (Wildman–Crippen MR) is 87.3 cm³/mol. The lowest BCUT2D eigenvalue weighted by molar-refractivity contribution is 0.589. The summed E-state index contributed by atoms with van der Waals surface area (Å²) in [5, 5.41) is 4.75. The molecular weight excluding hydrogens is 258 g/mol. The van der Waals surface area contributed by atoms with Crippen LogP contribution in [-0.2, 0) is 13.1 Å². The first-order valence-electron chi connectivity index (χ1n) is 7.42. The molecule has 0 radical (unpaired) electrons. The summed E-state index contributed by atoms with van der Waals surface area (Å²) >= 11 is 0. The van der Waals surface area contributed by atoms with Gasteiger partial charge in [0.25, 0.3) is 0 Å². The predicted octanol–water partition coefficient (Wildman–Crippen LogP) is 3.58. The second-order valence-corrected chi connectivity index (χ2v) is 5.73. The molecule has 1 aromatic carbocycles. The normalized spacial score (nSPS) is 11.4. The molecule has 0 unspecified atom stereocenters. The number of nitrogens with one attached hydrogen (secondary N) is 1. The van der Waals surface area contributed by atoms with Gasteiger partial charge in [-0.15, -0.1) is 0 Å². The molecular formula is C18H21N3. The number of nitrogens with zero attached hydrogens (tertiary/aromatic N) is 2. The van der Waals surface area contributed by atoms with Crippen molar-refractivity contribution in [1.29, 1.82) is 0 Å². The van der Waals surface area contributed by atoms with E-state index in [0.29, 0.717) is 6.04 Å². The van der Waals surface area contributed by atoms with E-state index in [2.05, 4.69) is 65.2 Å². The smallest absolute Gasteiger partial charge is 0.0491 e. The average Bonchev–Trinajstić information content (AvgIpc) is 2.89. The lowest BCUT2D eigenvalue weighted by Crippen LogP contribution is -2.21. The number of fused-ring (bicyclic) bond motifs is 1. The molecule has 0 fully saturated rings. The van der Waals surface area contributed by atoms with Crippen LogP contribution in [0.2, 0.25) is 0 Å². The molecule has 1 N–H and O–H groups in total. The molecule has 0 aliphatic rings. The molecule has 2 aromatic heterocycles. The van der Waals surface area contributed by atoms with Crippen molar-refractivity contribution in [2.75, 3.05) is 0 Å². The second-order valence-electron chi connectivity index (χ2n) is 5.73. The minimum absolute atomic E-state index is 0.510. The number of pyridine rings is 1. The third-order valence-electron chi connectivity index (χ3n) is 3.63. The number of hydrogen-bond donors (Lipinski definition) is 1. The highest BCUT2D eigenvalue weighted by molar-refractivity contribution is 5.81. The van der Waals surface area contributed by atoms with E-state index in [4.69, 9.17) is 0 Å². The van der Waals surface area contributed by atoms with Crippen molar-refractivity contribution in [2.45, 2.75) is 33.0 Å². The highest BCUT2D eigenvalue weighted by Gasteiger charge is 2.04. The number of rotatable bonds is 5. The standard InChI is InChI=1S/C18H21N3/c1-14(2)20-12-15-5-6-18-17(10-15)7-9-21(18)13-16-4-3-8-19-11-16/h3-11,14,20H,12-13H2,1-2H3. The van der Waals surface area contributed by atoms with Crippen molar-refractivity contribution >= 4 is 10.9 Å².